The van der Waals surface area contributed by atoms with Gasteiger partial charge in [-0.25, -0.2) is 4.79 Å². The van der Waals surface area contributed by atoms with Gasteiger partial charge in [0.25, 0.3) is 0 Å². The molecule has 22 heavy (non-hydrogen) atoms. The Labute approximate surface area is 134 Å². The number of ether oxygens (including phenoxy) is 2. The first kappa shape index (κ1) is 16.8. The summed E-state index contributed by atoms with van der Waals surface area (Å²) in [6.07, 6.45) is 2.03. The summed E-state index contributed by atoms with van der Waals surface area (Å²) in [6, 6.07) is 3.51. The molecule has 1 saturated heterocycles. The maximum Gasteiger partial charge on any atom is 0.354 e. The number of carbonyl (C=O) groups excluding carboxylic acids is 2. The number of rotatable bonds is 6. The van der Waals surface area contributed by atoms with Crippen LogP contribution in [0.5, 0.6) is 0 Å². The summed E-state index contributed by atoms with van der Waals surface area (Å²) >= 11 is 5.70. The molecule has 1 aliphatic rings. The molecule has 0 aromatic carbocycles. The summed E-state index contributed by atoms with van der Waals surface area (Å²) in [6.45, 7) is 1.65. The van der Waals surface area contributed by atoms with Gasteiger partial charge in [0.2, 0.25) is 5.91 Å². The molecule has 0 radical (unpaired) electrons. The number of alkyl halides is 1. The number of carbonyl (C=O) groups is 2. The van der Waals surface area contributed by atoms with Crippen molar-refractivity contribution in [2.75, 3.05) is 26.1 Å². The van der Waals surface area contributed by atoms with Gasteiger partial charge in [0.05, 0.1) is 19.8 Å². The lowest BCUT2D eigenvalue weighted by molar-refractivity contribution is -0.130. The number of hydrogen-bond acceptors (Lipinski definition) is 4. The Kier molecular flexibility index (Phi) is 5.85. The highest BCUT2D eigenvalue weighted by Crippen LogP contribution is 2.17. The highest BCUT2D eigenvalue weighted by molar-refractivity contribution is 6.27. The van der Waals surface area contributed by atoms with Crippen molar-refractivity contribution in [3.8, 4) is 0 Å². The van der Waals surface area contributed by atoms with E-state index in [1.807, 2.05) is 6.07 Å². The molecule has 0 N–H and O–H groups in total. The molecule has 1 atom stereocenters. The van der Waals surface area contributed by atoms with Crippen molar-refractivity contribution in [3.63, 3.8) is 0 Å². The van der Waals surface area contributed by atoms with Crippen molar-refractivity contribution in [1.82, 2.24) is 9.47 Å². The third kappa shape index (κ3) is 3.81. The van der Waals surface area contributed by atoms with Crippen molar-refractivity contribution in [3.05, 3.63) is 23.5 Å². The van der Waals surface area contributed by atoms with Crippen molar-refractivity contribution in [2.45, 2.75) is 25.5 Å². The molecule has 7 heteroatoms. The average Bonchev–Trinajstić information content (AvgIpc) is 3.16. The molecule has 0 bridgehead atoms. The second kappa shape index (κ2) is 7.65. The lowest BCUT2D eigenvalue weighted by Gasteiger charge is -2.25. The number of nitrogens with zero attached hydrogens (tertiary/aromatic N) is 2. The van der Waals surface area contributed by atoms with Crippen LogP contribution in [0.25, 0.3) is 0 Å². The standard InChI is InChI=1S/C15H21ClN2O4/c1-17-11(5-6-13(17)15(20)21-2)9-18(14(19)8-16)10-12-4-3-7-22-12/h5-6,12H,3-4,7-10H2,1-2H3/t12-/m0/s1. The van der Waals surface area contributed by atoms with Crippen LogP contribution in [0, 0.1) is 0 Å². The van der Waals surface area contributed by atoms with Gasteiger partial charge in [-0.3, -0.25) is 4.79 Å². The molecular weight excluding hydrogens is 308 g/mol. The van der Waals surface area contributed by atoms with Gasteiger partial charge in [-0.15, -0.1) is 11.6 Å². The Balaban J connectivity index is 2.11. The number of hydrogen-bond donors (Lipinski definition) is 0. The Hall–Kier alpha value is -1.53. The van der Waals surface area contributed by atoms with Crippen LogP contribution in [0.15, 0.2) is 12.1 Å². The zero-order valence-electron chi connectivity index (χ0n) is 12.9. The summed E-state index contributed by atoms with van der Waals surface area (Å²) in [4.78, 5) is 25.4. The van der Waals surface area contributed by atoms with Crippen LogP contribution in [-0.2, 0) is 27.9 Å². The van der Waals surface area contributed by atoms with E-state index in [-0.39, 0.29) is 17.9 Å². The second-order valence-electron chi connectivity index (χ2n) is 5.30. The highest BCUT2D eigenvalue weighted by Gasteiger charge is 2.23. The molecule has 0 unspecified atom stereocenters. The topological polar surface area (TPSA) is 60.8 Å². The normalized spacial score (nSPS) is 17.5. The molecule has 1 amide bonds. The van der Waals surface area contributed by atoms with E-state index in [1.165, 1.54) is 7.11 Å². The highest BCUT2D eigenvalue weighted by atomic mass is 35.5. The Morgan fingerprint density at radius 1 is 1.50 bits per heavy atom. The fourth-order valence-corrected chi connectivity index (χ4v) is 2.76. The van der Waals surface area contributed by atoms with Crippen molar-refractivity contribution in [1.29, 1.82) is 0 Å². The average molecular weight is 329 g/mol. The van der Waals surface area contributed by atoms with Crippen molar-refractivity contribution < 1.29 is 19.1 Å². The first-order valence-corrected chi connectivity index (χ1v) is 7.78. The third-order valence-corrected chi connectivity index (χ3v) is 4.12. The molecule has 1 aliphatic heterocycles. The molecule has 1 fully saturated rings. The van der Waals surface area contributed by atoms with Crippen LogP contribution in [-0.4, -0.2) is 53.6 Å². The minimum Gasteiger partial charge on any atom is -0.464 e. The maximum absolute atomic E-state index is 12.0. The largest absolute Gasteiger partial charge is 0.464 e. The lowest BCUT2D eigenvalue weighted by atomic mass is 10.2. The number of aromatic nitrogens is 1. The molecule has 6 nitrogen and oxygen atoms in total. The van der Waals surface area contributed by atoms with Crippen LogP contribution >= 0.6 is 11.6 Å². The predicted octanol–water partition coefficient (Wildman–Crippen LogP) is 1.56. The van der Waals surface area contributed by atoms with Crippen molar-refractivity contribution in [2.24, 2.45) is 7.05 Å². The number of esters is 1. The van der Waals surface area contributed by atoms with Crippen LogP contribution < -0.4 is 0 Å². The molecule has 0 aliphatic carbocycles. The summed E-state index contributed by atoms with van der Waals surface area (Å²) < 4.78 is 12.1. The van der Waals surface area contributed by atoms with Crippen LogP contribution in [0.2, 0.25) is 0 Å². The predicted molar refractivity (Wildman–Crippen MR) is 81.9 cm³/mol. The van der Waals surface area contributed by atoms with E-state index in [2.05, 4.69) is 0 Å². The fraction of sp³-hybridized carbons (Fsp3) is 0.600. The molecular formula is C15H21ClN2O4. The molecule has 2 heterocycles. The van der Waals surface area contributed by atoms with Crippen LogP contribution in [0.1, 0.15) is 29.0 Å². The summed E-state index contributed by atoms with van der Waals surface area (Å²) in [5, 5.41) is 0. The number of methoxy groups -OCH3 is 1. The second-order valence-corrected chi connectivity index (χ2v) is 5.57. The minimum absolute atomic E-state index is 0.0625. The van der Waals surface area contributed by atoms with Gasteiger partial charge in [-0.05, 0) is 25.0 Å². The van der Waals surface area contributed by atoms with E-state index in [9.17, 15) is 9.59 Å². The Morgan fingerprint density at radius 3 is 2.86 bits per heavy atom. The number of amides is 1. The zero-order valence-corrected chi connectivity index (χ0v) is 13.6. The van der Waals surface area contributed by atoms with Gasteiger partial charge in [0.15, 0.2) is 0 Å². The van der Waals surface area contributed by atoms with Gasteiger partial charge in [0.1, 0.15) is 11.6 Å². The van der Waals surface area contributed by atoms with Gasteiger partial charge in [0, 0.05) is 25.9 Å². The molecule has 0 spiro atoms. The van der Waals surface area contributed by atoms with Gasteiger partial charge in [-0.2, -0.15) is 0 Å². The van der Waals surface area contributed by atoms with E-state index in [0.717, 1.165) is 25.1 Å². The van der Waals surface area contributed by atoms with Gasteiger partial charge >= 0.3 is 5.97 Å². The molecule has 122 valence electrons. The SMILES string of the molecule is COC(=O)c1ccc(CN(C[C@@H]2CCCO2)C(=O)CCl)n1C. The smallest absolute Gasteiger partial charge is 0.354 e. The van der Waals surface area contributed by atoms with Gasteiger partial charge in [-0.1, -0.05) is 0 Å². The van der Waals surface area contributed by atoms with Crippen LogP contribution in [0.3, 0.4) is 0 Å². The summed E-state index contributed by atoms with van der Waals surface area (Å²) in [5.41, 5.74) is 1.30. The van der Waals surface area contributed by atoms with E-state index < -0.39 is 5.97 Å². The first-order chi connectivity index (χ1) is 10.6. The van der Waals surface area contributed by atoms with E-state index in [1.54, 1.807) is 22.6 Å². The van der Waals surface area contributed by atoms with Gasteiger partial charge < -0.3 is 18.9 Å². The van der Waals surface area contributed by atoms with Crippen molar-refractivity contribution >= 4 is 23.5 Å². The number of halogens is 1. The third-order valence-electron chi connectivity index (χ3n) is 3.89. The first-order valence-electron chi connectivity index (χ1n) is 7.25. The quantitative estimate of drug-likeness (QED) is 0.587. The monoisotopic (exact) mass is 328 g/mol. The zero-order chi connectivity index (χ0) is 16.1. The molecule has 1 aromatic heterocycles. The van der Waals surface area contributed by atoms with Crippen LogP contribution in [0.4, 0.5) is 0 Å². The lowest BCUT2D eigenvalue weighted by Crippen LogP contribution is -2.38. The van der Waals surface area contributed by atoms with E-state index in [0.29, 0.717) is 18.8 Å². The molecule has 0 saturated carbocycles. The van der Waals surface area contributed by atoms with E-state index >= 15 is 0 Å². The molecule has 2 rings (SSSR count). The Morgan fingerprint density at radius 2 is 2.27 bits per heavy atom. The van der Waals surface area contributed by atoms with E-state index in [4.69, 9.17) is 21.1 Å². The summed E-state index contributed by atoms with van der Waals surface area (Å²) in [5.74, 6) is -0.609. The maximum atomic E-state index is 12.0. The fourth-order valence-electron chi connectivity index (χ4n) is 2.59. The molecule has 1 aromatic rings. The summed E-state index contributed by atoms with van der Waals surface area (Å²) in [7, 11) is 3.12. The Bertz CT molecular complexity index is 538. The minimum atomic E-state index is -0.400.